The second-order valence-electron chi connectivity index (χ2n) is 10.3. The van der Waals surface area contributed by atoms with Gasteiger partial charge in [-0.25, -0.2) is 0 Å². The Balaban J connectivity index is 0.00000257. The molecular weight excluding hydrogens is 3540 g/mol. The molecule has 106 heteroatoms. The van der Waals surface area contributed by atoms with Crippen LogP contribution >= 0.6 is 15.9 Å². The van der Waals surface area contributed by atoms with E-state index in [-0.39, 0.29) is 0 Å². The van der Waals surface area contributed by atoms with Gasteiger partial charge in [0.2, 0.25) is 0 Å². The number of benzene rings is 2. The summed E-state index contributed by atoms with van der Waals surface area (Å²) in [5.41, 5.74) is 2.77. The minimum absolute atomic E-state index is 0.908. The van der Waals surface area contributed by atoms with Crippen LogP contribution in [0.1, 0.15) is 0 Å². The Morgan fingerprint density at radius 1 is 0.153 bits per heavy atom. The third-order valence-corrected chi connectivity index (χ3v) is 226. The third kappa shape index (κ3) is 108. The standard InChI is InChI=1S/C12H8BrN3.S102/c13-9-5-7-10(8-6-9)16-14-11-3-1-2-4-12(11)15-16;1-3-5-7-9-11-13-15-17-19-21-23-25-27-29-31-33-35-37-39-41-43-45-47-49-51-53-55-57-59-61-63-65-67-69-71-73-75-77-79-81-83-85-87-89-91-93-95-97-99-101-102-100-98-96-94-92-90-88-86-84-82-80-78-76-74-72-70-68-66-64-62-60-58-56-54-52-50-48-46-44-42-40-38-36-34-32-30-28-26-24-22-20-18-16-14-12-10-8-6-4-2/h1-8H;. The van der Waals surface area contributed by atoms with Gasteiger partial charge < -0.3 is 0 Å². The molecule has 3 nitrogen and oxygen atoms in total. The molecule has 0 aliphatic carbocycles. The summed E-state index contributed by atoms with van der Waals surface area (Å²) in [5.74, 6) is 0. The van der Waals surface area contributed by atoms with Gasteiger partial charge in [0, 0.05) is 915 Å². The van der Waals surface area contributed by atoms with Crippen LogP contribution in [0.15, 0.2) is 53.0 Å². The quantitative estimate of drug-likeness (QED) is 0.376. The van der Waals surface area contributed by atoms with Crippen molar-refractivity contribution < 1.29 is 0 Å². The average molecular weight is 3540 g/mol. The van der Waals surface area contributed by atoms with Crippen LogP contribution in [0.25, 0.3) is 16.7 Å². The first-order chi connectivity index (χ1) is 58.7. The third-order valence-electron chi connectivity index (χ3n) is 5.09. The van der Waals surface area contributed by atoms with E-state index < -0.39 is 0 Å². The maximum Gasteiger partial charge on any atom is 0.113 e. The Hall–Kier alpha value is 20.8. The summed E-state index contributed by atoms with van der Waals surface area (Å²) >= 11 is 13.1. The van der Waals surface area contributed by atoms with Crippen LogP contribution in [0.2, 0.25) is 0 Å². The predicted molar refractivity (Wildman–Crippen MR) is 818 cm³/mol. The van der Waals surface area contributed by atoms with Crippen LogP contribution in [0.5, 0.6) is 0 Å². The van der Waals surface area contributed by atoms with E-state index in [0.29, 0.717) is 0 Å². The number of nitrogens with zero attached hydrogens (tertiary/aromatic N) is 3. The van der Waals surface area contributed by atoms with E-state index in [2.05, 4.69) is 26.1 Å². The molecule has 0 amide bonds. The average Bonchev–Trinajstić information content (AvgIpc) is 1.68. The molecule has 0 radical (unpaired) electrons. The number of hydrogen-bond donors (Lipinski definition) is 0. The molecule has 1 heterocycles. The van der Waals surface area contributed by atoms with Crippen LogP contribution in [0.3, 0.4) is 0 Å². The smallest absolute Gasteiger partial charge is 0.113 e. The maximum absolute atomic E-state index is 4.83. The summed E-state index contributed by atoms with van der Waals surface area (Å²) in [5, 5.41) is 8.81. The van der Waals surface area contributed by atoms with Gasteiger partial charge in [-0.15, -0.1) is 10.2 Å². The van der Waals surface area contributed by atoms with E-state index in [1.807, 2.05) is 812 Å². The minimum atomic E-state index is 0.908. The number of rotatable bonds is 1. The first-order valence-electron chi connectivity index (χ1n) is 21.7. The largest absolute Gasteiger partial charge is 0.150 e. The molecule has 690 valence electrons. The van der Waals surface area contributed by atoms with E-state index in [1.165, 1.54) is 17.8 Å². The van der Waals surface area contributed by atoms with Crippen molar-refractivity contribution in [1.82, 2.24) is 15.0 Å². The molecule has 0 N–H and O–H groups in total. The maximum atomic E-state index is 4.83. The van der Waals surface area contributed by atoms with Crippen LogP contribution in [-0.2, 0) is 910 Å². The predicted octanol–water partition coefficient (Wildman–Crippen LogP) is 2.94. The summed E-state index contributed by atoms with van der Waals surface area (Å²) in [4.78, 5) is 1.65. The fraction of sp³-hybridized carbons (Fsp3) is 0. The Bertz CT molecular complexity index is 8880. The normalized spacial score (nSPS) is 8.28. The van der Waals surface area contributed by atoms with Gasteiger partial charge in [-0.3, -0.25) is 0 Å². The van der Waals surface area contributed by atoms with Crippen LogP contribution < -0.4 is 0 Å². The molecule has 0 fully saturated rings. The highest BCUT2D eigenvalue weighted by Crippen LogP contribution is 2.15. The van der Waals surface area contributed by atoms with E-state index in [1.54, 1.807) is 111 Å². The molecule has 0 bridgehead atoms. The molecule has 0 atom stereocenters. The zero-order valence-corrected chi connectivity index (χ0v) is 135. The lowest BCUT2D eigenvalue weighted by Crippen LogP contribution is -1.97. The lowest BCUT2D eigenvalue weighted by molar-refractivity contribution is 0.765. The number of aromatic nitrogens is 3. The SMILES string of the molecule is Brc1ccc(-n2nc3ccccc3n2)cc1.S=S=S=S=S=S=S=S=S=S=S=S=S=S=S=S=S=S=S=S=S=S=S=S=S=S=S=S=S=S=S=S=S=S=S=S=S=S=S=S=S=S=S=S=S=S=S=S=S=S=S=S=S=S=S=S=S=S=S=S=S=S=S=S=S=S=S=S=S=S=S=S=S=S=S=S=S=S=S=S=S=S=S=S=S=S=S=S=S=S=S=S=S=S=S=S=S=S=S=S=S=S. The van der Waals surface area contributed by atoms with Crippen LogP contribution in [0, 0.1) is 0 Å². The van der Waals surface area contributed by atoms with Crippen LogP contribution in [0.4, 0.5) is 0 Å². The highest BCUT2D eigenvalue weighted by atomic mass is 79.9. The zero-order chi connectivity index (χ0) is 83.7. The Kier molecular flexibility index (Phi) is 139. The lowest BCUT2D eigenvalue weighted by atomic mass is 10.3. The summed E-state index contributed by atoms with van der Waals surface area (Å²) in [6, 6.07) is 15.7. The number of halogens is 1. The fourth-order valence-corrected chi connectivity index (χ4v) is 272. The van der Waals surface area contributed by atoms with Gasteiger partial charge in [-0.2, -0.15) is 4.80 Å². The molecule has 0 aliphatic heterocycles. The van der Waals surface area contributed by atoms with Crippen molar-refractivity contribution >= 4 is 937 Å². The van der Waals surface area contributed by atoms with Crippen LogP contribution in [-0.4, -0.2) is 15.0 Å². The molecule has 1 aromatic heterocycles. The molecule has 118 heavy (non-hydrogen) atoms. The van der Waals surface area contributed by atoms with E-state index in [0.717, 1.165) is 21.2 Å². The van der Waals surface area contributed by atoms with Crippen molar-refractivity contribution in [2.24, 2.45) is 0 Å². The van der Waals surface area contributed by atoms with Gasteiger partial charge in [0.15, 0.2) is 0 Å². The highest BCUT2D eigenvalue weighted by molar-refractivity contribution is 9.10. The Labute approximate surface area is 980 Å². The summed E-state index contributed by atoms with van der Waals surface area (Å²) in [6.07, 6.45) is 0. The Morgan fingerprint density at radius 3 is 0.356 bits per heavy atom. The first kappa shape index (κ1) is 135. The van der Waals surface area contributed by atoms with Gasteiger partial charge in [-0.1, -0.05) is 28.1 Å². The minimum Gasteiger partial charge on any atom is -0.150 e. The molecule has 0 saturated heterocycles. The first-order valence-corrected chi connectivity index (χ1v) is 157. The second-order valence-corrected chi connectivity index (χ2v) is 188. The van der Waals surface area contributed by atoms with Crippen molar-refractivity contribution in [2.45, 2.75) is 0 Å². The second kappa shape index (κ2) is 121. The topological polar surface area (TPSA) is 30.7 Å². The van der Waals surface area contributed by atoms with Crippen molar-refractivity contribution in [3.05, 3.63) is 53.0 Å². The van der Waals surface area contributed by atoms with Crippen molar-refractivity contribution in [1.29, 1.82) is 0 Å². The molecule has 0 aliphatic rings. The van der Waals surface area contributed by atoms with Gasteiger partial charge in [-0.05, 0) is 36.4 Å². The lowest BCUT2D eigenvalue weighted by Gasteiger charge is -1.97. The zero-order valence-electron chi connectivity index (χ0n) is 50.0. The number of fused-ring (bicyclic) bond motifs is 1. The van der Waals surface area contributed by atoms with Gasteiger partial charge in [0.1, 0.15) is 11.0 Å². The van der Waals surface area contributed by atoms with Gasteiger partial charge in [0.25, 0.3) is 0 Å². The van der Waals surface area contributed by atoms with E-state index >= 15 is 0 Å². The summed E-state index contributed by atoms with van der Waals surface area (Å²) < 4.78 is 1.05. The molecule has 3 rings (SSSR count). The van der Waals surface area contributed by atoms with E-state index in [4.69, 9.17) is 22.4 Å². The van der Waals surface area contributed by atoms with E-state index in [9.17, 15) is 0 Å². The molecule has 0 unspecified atom stereocenters. The monoisotopic (exact) mass is 3530 g/mol. The molecular formula is C12H8BrN3S102. The van der Waals surface area contributed by atoms with Gasteiger partial charge >= 0.3 is 0 Å². The van der Waals surface area contributed by atoms with Crippen molar-refractivity contribution in [3.8, 4) is 5.69 Å². The molecule has 0 spiro atoms. The summed E-state index contributed by atoms with van der Waals surface area (Å²) in [6.45, 7) is 0. The number of hydrogen-bond acceptors (Lipinski definition) is 4. The highest BCUT2D eigenvalue weighted by Gasteiger charge is 2.03. The van der Waals surface area contributed by atoms with Crippen molar-refractivity contribution in [2.75, 3.05) is 0 Å². The summed E-state index contributed by atoms with van der Waals surface area (Å²) in [7, 11) is 181. The van der Waals surface area contributed by atoms with Gasteiger partial charge in [0.05, 0.1) is 5.69 Å². The molecule has 0 saturated carbocycles. The van der Waals surface area contributed by atoms with Crippen molar-refractivity contribution in [3.63, 3.8) is 0 Å². The Morgan fingerprint density at radius 2 is 0.254 bits per heavy atom. The molecule has 3 aromatic rings. The fourth-order valence-electron chi connectivity index (χ4n) is 2.66. The molecule has 2 aromatic carbocycles.